The van der Waals surface area contributed by atoms with E-state index < -0.39 is 0 Å². The molecule has 20 heavy (non-hydrogen) atoms. The summed E-state index contributed by atoms with van der Waals surface area (Å²) in [6, 6.07) is 8.21. The van der Waals surface area contributed by atoms with Gasteiger partial charge < -0.3 is 4.74 Å². The Bertz CT molecular complexity index is 454. The highest BCUT2D eigenvalue weighted by Crippen LogP contribution is 2.24. The molecular weight excluding hydrogens is 365 g/mol. The first-order valence-corrected chi connectivity index (χ1v) is 8.24. The number of ketones is 1. The van der Waals surface area contributed by atoms with E-state index in [2.05, 4.69) is 65.6 Å². The van der Waals surface area contributed by atoms with Crippen molar-refractivity contribution >= 4 is 28.4 Å². The van der Waals surface area contributed by atoms with Gasteiger partial charge in [-0.25, -0.2) is 0 Å². The topological polar surface area (TPSA) is 29.5 Å². The number of hydrogen-bond acceptors (Lipinski definition) is 3. The minimum absolute atomic E-state index is 0.308. The van der Waals surface area contributed by atoms with Crippen LogP contribution in [-0.2, 0) is 16.0 Å². The molecule has 0 bridgehead atoms. The predicted octanol–water partition coefficient (Wildman–Crippen LogP) is 2.90. The smallest absolute Gasteiger partial charge is 0.157 e. The van der Waals surface area contributed by atoms with Crippen LogP contribution in [0.25, 0.3) is 0 Å². The first kappa shape index (κ1) is 15.9. The van der Waals surface area contributed by atoms with Crippen LogP contribution in [0, 0.1) is 3.57 Å². The normalized spacial score (nSPS) is 19.6. The molecule has 0 aliphatic carbocycles. The number of rotatable bonds is 5. The second-order valence-electron chi connectivity index (χ2n) is 5.45. The van der Waals surface area contributed by atoms with Gasteiger partial charge in [0.2, 0.25) is 0 Å². The highest BCUT2D eigenvalue weighted by molar-refractivity contribution is 14.1. The number of nitrogens with zero attached hydrogens (tertiary/aromatic N) is 1. The van der Waals surface area contributed by atoms with E-state index in [0.29, 0.717) is 12.2 Å². The van der Waals surface area contributed by atoms with Crippen molar-refractivity contribution in [1.29, 1.82) is 0 Å². The van der Waals surface area contributed by atoms with E-state index in [-0.39, 0.29) is 5.54 Å². The van der Waals surface area contributed by atoms with Gasteiger partial charge >= 0.3 is 0 Å². The molecule has 1 aliphatic heterocycles. The zero-order valence-corrected chi connectivity index (χ0v) is 14.4. The zero-order valence-electron chi connectivity index (χ0n) is 12.2. The van der Waals surface area contributed by atoms with Crippen LogP contribution in [0.3, 0.4) is 0 Å². The molecule has 0 saturated carbocycles. The summed E-state index contributed by atoms with van der Waals surface area (Å²) in [5, 5.41) is 0. The number of halogens is 1. The van der Waals surface area contributed by atoms with Crippen molar-refractivity contribution in [2.45, 2.75) is 32.2 Å². The van der Waals surface area contributed by atoms with Crippen molar-refractivity contribution < 1.29 is 9.53 Å². The molecule has 3 nitrogen and oxygen atoms in total. The number of benzene rings is 1. The van der Waals surface area contributed by atoms with Gasteiger partial charge in [0.15, 0.2) is 5.78 Å². The van der Waals surface area contributed by atoms with E-state index in [1.807, 2.05) is 0 Å². The first-order chi connectivity index (χ1) is 9.56. The highest BCUT2D eigenvalue weighted by atomic mass is 127. The number of hydrogen-bond donors (Lipinski definition) is 0. The molecule has 1 unspecified atom stereocenters. The Balaban J connectivity index is 2.09. The largest absolute Gasteiger partial charge is 0.379 e. The number of Topliss-reactive ketones (excluding diaryl/α,β-unsaturated/α-hetero) is 1. The van der Waals surface area contributed by atoms with Crippen molar-refractivity contribution in [3.8, 4) is 0 Å². The maximum absolute atomic E-state index is 12.8. The van der Waals surface area contributed by atoms with E-state index >= 15 is 0 Å². The minimum Gasteiger partial charge on any atom is -0.379 e. The van der Waals surface area contributed by atoms with Gasteiger partial charge in [-0.1, -0.05) is 19.1 Å². The molecule has 0 aromatic heterocycles. The summed E-state index contributed by atoms with van der Waals surface area (Å²) in [7, 11) is 0. The molecule has 1 saturated heterocycles. The van der Waals surface area contributed by atoms with Crippen LogP contribution < -0.4 is 0 Å². The van der Waals surface area contributed by atoms with Gasteiger partial charge in [0, 0.05) is 23.1 Å². The molecule has 4 heteroatoms. The number of carbonyl (C=O) groups is 1. The summed E-state index contributed by atoms with van der Waals surface area (Å²) in [6.07, 6.45) is 1.36. The molecule has 1 heterocycles. The molecule has 1 aromatic carbocycles. The number of morpholine rings is 1. The molecule has 1 aromatic rings. The van der Waals surface area contributed by atoms with Crippen LogP contribution in [0.1, 0.15) is 25.8 Å². The molecule has 0 radical (unpaired) electrons. The van der Waals surface area contributed by atoms with Crippen LogP contribution in [0.2, 0.25) is 0 Å². The Morgan fingerprint density at radius 3 is 2.45 bits per heavy atom. The molecule has 1 aliphatic rings. The highest BCUT2D eigenvalue weighted by Gasteiger charge is 2.37. The fourth-order valence-electron chi connectivity index (χ4n) is 2.63. The van der Waals surface area contributed by atoms with E-state index in [4.69, 9.17) is 4.74 Å². The number of ether oxygens (including phenoxy) is 1. The molecule has 0 N–H and O–H groups in total. The van der Waals surface area contributed by atoms with Crippen molar-refractivity contribution in [2.75, 3.05) is 26.3 Å². The predicted molar refractivity (Wildman–Crippen MR) is 89.0 cm³/mol. The monoisotopic (exact) mass is 387 g/mol. The lowest BCUT2D eigenvalue weighted by Gasteiger charge is -2.41. The first-order valence-electron chi connectivity index (χ1n) is 7.17. The van der Waals surface area contributed by atoms with Crippen molar-refractivity contribution in [3.63, 3.8) is 0 Å². The summed E-state index contributed by atoms with van der Waals surface area (Å²) in [6.45, 7) is 7.33. The lowest BCUT2D eigenvalue weighted by atomic mass is 9.87. The minimum atomic E-state index is -0.368. The van der Waals surface area contributed by atoms with Crippen LogP contribution in [0.5, 0.6) is 0 Å². The molecule has 0 spiro atoms. The van der Waals surface area contributed by atoms with E-state index in [1.165, 1.54) is 3.57 Å². The second kappa shape index (κ2) is 7.00. The Hall–Kier alpha value is -0.460. The van der Waals surface area contributed by atoms with Crippen LogP contribution >= 0.6 is 22.6 Å². The third kappa shape index (κ3) is 3.59. The summed E-state index contributed by atoms with van der Waals surface area (Å²) in [5.74, 6) is 0.308. The molecule has 1 fully saturated rings. The quantitative estimate of drug-likeness (QED) is 0.728. The summed E-state index contributed by atoms with van der Waals surface area (Å²) >= 11 is 2.28. The zero-order chi connectivity index (χ0) is 14.6. The van der Waals surface area contributed by atoms with Crippen molar-refractivity contribution in [3.05, 3.63) is 33.4 Å². The van der Waals surface area contributed by atoms with Crippen LogP contribution in [-0.4, -0.2) is 42.5 Å². The van der Waals surface area contributed by atoms with Crippen molar-refractivity contribution in [2.24, 2.45) is 0 Å². The van der Waals surface area contributed by atoms with Gasteiger partial charge in [-0.3, -0.25) is 9.69 Å². The van der Waals surface area contributed by atoms with Crippen molar-refractivity contribution in [1.82, 2.24) is 4.90 Å². The Morgan fingerprint density at radius 2 is 1.90 bits per heavy atom. The summed E-state index contributed by atoms with van der Waals surface area (Å²) in [4.78, 5) is 15.0. The Kier molecular flexibility index (Phi) is 5.57. The third-order valence-corrected chi connectivity index (χ3v) is 5.00. The molecule has 110 valence electrons. The van der Waals surface area contributed by atoms with Gasteiger partial charge in [-0.05, 0) is 53.6 Å². The fourth-order valence-corrected chi connectivity index (χ4v) is 2.99. The van der Waals surface area contributed by atoms with Gasteiger partial charge in [0.1, 0.15) is 0 Å². The fraction of sp³-hybridized carbons (Fsp3) is 0.562. The standard InChI is InChI=1S/C16H22INO2/c1-3-16(2,18-8-10-20-11-9-18)15(19)12-13-4-6-14(17)7-5-13/h4-7H,3,8-12H2,1-2H3. The summed E-state index contributed by atoms with van der Waals surface area (Å²) in [5.41, 5.74) is 0.732. The van der Waals surface area contributed by atoms with Gasteiger partial charge in [0.05, 0.1) is 18.8 Å². The van der Waals surface area contributed by atoms with Gasteiger partial charge in [0.25, 0.3) is 0 Å². The third-order valence-electron chi connectivity index (χ3n) is 4.28. The van der Waals surface area contributed by atoms with Crippen LogP contribution in [0.4, 0.5) is 0 Å². The Labute approximate surface area is 134 Å². The van der Waals surface area contributed by atoms with E-state index in [0.717, 1.165) is 38.3 Å². The average Bonchev–Trinajstić information content (AvgIpc) is 2.49. The van der Waals surface area contributed by atoms with Crippen LogP contribution in [0.15, 0.2) is 24.3 Å². The number of carbonyl (C=O) groups excluding carboxylic acids is 1. The lowest BCUT2D eigenvalue weighted by Crippen LogP contribution is -2.56. The van der Waals surface area contributed by atoms with E-state index in [9.17, 15) is 4.79 Å². The SMILES string of the molecule is CCC(C)(C(=O)Cc1ccc(I)cc1)N1CCOCC1. The molecule has 2 rings (SSSR count). The molecule has 1 atom stereocenters. The molecular formula is C16H22INO2. The maximum Gasteiger partial charge on any atom is 0.157 e. The van der Waals surface area contributed by atoms with E-state index in [1.54, 1.807) is 0 Å². The molecule has 0 amide bonds. The average molecular weight is 387 g/mol. The van der Waals surface area contributed by atoms with Gasteiger partial charge in [-0.15, -0.1) is 0 Å². The Morgan fingerprint density at radius 1 is 1.30 bits per heavy atom. The second-order valence-corrected chi connectivity index (χ2v) is 6.70. The lowest BCUT2D eigenvalue weighted by molar-refractivity contribution is -0.133. The van der Waals surface area contributed by atoms with Gasteiger partial charge in [-0.2, -0.15) is 0 Å². The maximum atomic E-state index is 12.8. The summed E-state index contributed by atoms with van der Waals surface area (Å²) < 4.78 is 6.60.